The van der Waals surface area contributed by atoms with Gasteiger partial charge in [0, 0.05) is 0 Å². The third-order valence-corrected chi connectivity index (χ3v) is 4.28. The van der Waals surface area contributed by atoms with Crippen molar-refractivity contribution in [3.63, 3.8) is 0 Å². The zero-order chi connectivity index (χ0) is 14.1. The van der Waals surface area contributed by atoms with E-state index in [-0.39, 0.29) is 0 Å². The Balaban J connectivity index is 2.07. The van der Waals surface area contributed by atoms with Gasteiger partial charge in [0.2, 0.25) is 0 Å². The number of carbonyl (C=O) groups excluding carboxylic acids is 1. The van der Waals surface area contributed by atoms with Crippen LogP contribution in [0.15, 0.2) is 0 Å². The second-order valence-corrected chi connectivity index (χ2v) is 5.74. The molecular formula is C13H20F3NO2. The Hall–Kier alpha value is -0.780. The van der Waals surface area contributed by atoms with Gasteiger partial charge < -0.3 is 4.74 Å². The minimum Gasteiger partial charge on any atom is -0.468 e. The minimum atomic E-state index is -4.31. The first-order valence-corrected chi connectivity index (χ1v) is 6.76. The molecule has 1 N–H and O–H groups in total. The van der Waals surface area contributed by atoms with E-state index in [1.54, 1.807) is 0 Å². The highest BCUT2D eigenvalue weighted by atomic mass is 19.4. The summed E-state index contributed by atoms with van der Waals surface area (Å²) in [5, 5.41) is 2.44. The number of nitrogens with one attached hydrogen (secondary N) is 1. The second kappa shape index (κ2) is 5.31. The van der Waals surface area contributed by atoms with Gasteiger partial charge in [-0.2, -0.15) is 13.2 Å². The quantitative estimate of drug-likeness (QED) is 0.804. The predicted molar refractivity (Wildman–Crippen MR) is 63.5 cm³/mol. The summed E-state index contributed by atoms with van der Waals surface area (Å²) < 4.78 is 41.9. The molecule has 0 spiro atoms. The smallest absolute Gasteiger partial charge is 0.401 e. The lowest BCUT2D eigenvalue weighted by Gasteiger charge is -2.39. The van der Waals surface area contributed by atoms with Gasteiger partial charge in [0.15, 0.2) is 0 Å². The van der Waals surface area contributed by atoms with Crippen LogP contribution in [0.2, 0.25) is 0 Å². The van der Waals surface area contributed by atoms with Crippen LogP contribution in [-0.2, 0) is 9.53 Å². The number of ether oxygens (including phenoxy) is 1. The van der Waals surface area contributed by atoms with Crippen LogP contribution in [0.1, 0.15) is 38.5 Å². The molecule has 2 rings (SSSR count). The van der Waals surface area contributed by atoms with Crippen molar-refractivity contribution in [3.8, 4) is 0 Å². The Labute approximate surface area is 110 Å². The topological polar surface area (TPSA) is 38.3 Å². The standard InChI is InChI=1S/C13H20F3NO2/c1-19-11(18)12(17-8-13(14,15)16)6-2-3-10(7-12)9-4-5-9/h9-10,17H,2-8H2,1H3. The molecule has 2 atom stereocenters. The fraction of sp³-hybridized carbons (Fsp3) is 0.923. The van der Waals surface area contributed by atoms with Crippen LogP contribution < -0.4 is 5.32 Å². The molecule has 2 saturated carbocycles. The lowest BCUT2D eigenvalue weighted by molar-refractivity contribution is -0.156. The van der Waals surface area contributed by atoms with Crippen LogP contribution in [0, 0.1) is 11.8 Å². The van der Waals surface area contributed by atoms with Crippen molar-refractivity contribution in [3.05, 3.63) is 0 Å². The molecule has 110 valence electrons. The van der Waals surface area contributed by atoms with Crippen molar-refractivity contribution in [1.29, 1.82) is 0 Å². The molecule has 0 heterocycles. The summed E-state index contributed by atoms with van der Waals surface area (Å²) in [5.74, 6) is 0.396. The molecule has 0 bridgehead atoms. The molecule has 6 heteroatoms. The Morgan fingerprint density at radius 2 is 2.00 bits per heavy atom. The van der Waals surface area contributed by atoms with E-state index >= 15 is 0 Å². The van der Waals surface area contributed by atoms with E-state index in [1.807, 2.05) is 0 Å². The molecule has 19 heavy (non-hydrogen) atoms. The van der Waals surface area contributed by atoms with Gasteiger partial charge in [-0.3, -0.25) is 10.1 Å². The van der Waals surface area contributed by atoms with Crippen molar-refractivity contribution in [2.24, 2.45) is 11.8 Å². The van der Waals surface area contributed by atoms with Gasteiger partial charge in [0.05, 0.1) is 13.7 Å². The molecule has 0 radical (unpaired) electrons. The largest absolute Gasteiger partial charge is 0.468 e. The number of methoxy groups -OCH3 is 1. The van der Waals surface area contributed by atoms with Crippen LogP contribution in [0.25, 0.3) is 0 Å². The molecule has 0 aliphatic heterocycles. The van der Waals surface area contributed by atoms with E-state index in [0.717, 1.165) is 25.7 Å². The van der Waals surface area contributed by atoms with Crippen molar-refractivity contribution < 1.29 is 22.7 Å². The Morgan fingerprint density at radius 3 is 2.53 bits per heavy atom. The van der Waals surface area contributed by atoms with Gasteiger partial charge in [-0.05, 0) is 37.5 Å². The van der Waals surface area contributed by atoms with Gasteiger partial charge in [-0.1, -0.05) is 12.8 Å². The monoisotopic (exact) mass is 279 g/mol. The van der Waals surface area contributed by atoms with E-state index in [0.29, 0.717) is 24.7 Å². The molecule has 2 unspecified atom stereocenters. The van der Waals surface area contributed by atoms with Gasteiger partial charge >= 0.3 is 12.1 Å². The maximum absolute atomic E-state index is 12.4. The second-order valence-electron chi connectivity index (χ2n) is 5.74. The summed E-state index contributed by atoms with van der Waals surface area (Å²) in [6.45, 7) is -1.14. The van der Waals surface area contributed by atoms with E-state index in [2.05, 4.69) is 5.32 Å². The number of hydrogen-bond acceptors (Lipinski definition) is 3. The van der Waals surface area contributed by atoms with E-state index in [4.69, 9.17) is 4.74 Å². The van der Waals surface area contributed by atoms with Crippen LogP contribution in [-0.4, -0.2) is 31.3 Å². The first kappa shape index (κ1) is 14.6. The number of halogens is 3. The average molecular weight is 279 g/mol. The summed E-state index contributed by atoms with van der Waals surface area (Å²) in [7, 11) is 1.24. The fourth-order valence-electron chi connectivity index (χ4n) is 3.17. The summed E-state index contributed by atoms with van der Waals surface area (Å²) in [6, 6.07) is 0. The van der Waals surface area contributed by atoms with Gasteiger partial charge in [-0.25, -0.2) is 0 Å². The Bertz CT molecular complexity index is 341. The maximum Gasteiger partial charge on any atom is 0.401 e. The molecule has 0 aromatic carbocycles. The zero-order valence-corrected chi connectivity index (χ0v) is 11.1. The van der Waals surface area contributed by atoms with Gasteiger partial charge in [-0.15, -0.1) is 0 Å². The van der Waals surface area contributed by atoms with E-state index in [1.165, 1.54) is 7.11 Å². The lowest BCUT2D eigenvalue weighted by atomic mass is 9.73. The average Bonchev–Trinajstić information content (AvgIpc) is 3.19. The number of rotatable bonds is 4. The third-order valence-electron chi connectivity index (χ3n) is 4.28. The molecule has 3 nitrogen and oxygen atoms in total. The van der Waals surface area contributed by atoms with Crippen molar-refractivity contribution >= 4 is 5.97 Å². The lowest BCUT2D eigenvalue weighted by Crippen LogP contribution is -2.57. The third kappa shape index (κ3) is 3.61. The summed E-state index contributed by atoms with van der Waals surface area (Å²) >= 11 is 0. The van der Waals surface area contributed by atoms with Crippen LogP contribution in [0.3, 0.4) is 0 Å². The maximum atomic E-state index is 12.4. The number of alkyl halides is 3. The molecule has 2 aliphatic carbocycles. The van der Waals surface area contributed by atoms with Crippen molar-refractivity contribution in [2.75, 3.05) is 13.7 Å². The molecule has 2 aliphatic rings. The summed E-state index contributed by atoms with van der Waals surface area (Å²) in [4.78, 5) is 11.9. The molecule has 0 amide bonds. The Morgan fingerprint density at radius 1 is 1.32 bits per heavy atom. The van der Waals surface area contributed by atoms with Crippen LogP contribution in [0.5, 0.6) is 0 Å². The highest BCUT2D eigenvalue weighted by Gasteiger charge is 2.48. The summed E-state index contributed by atoms with van der Waals surface area (Å²) in [6.07, 6.45) is 0.660. The summed E-state index contributed by atoms with van der Waals surface area (Å²) in [5.41, 5.74) is -1.14. The molecule has 0 saturated heterocycles. The number of esters is 1. The van der Waals surface area contributed by atoms with Crippen LogP contribution in [0.4, 0.5) is 13.2 Å². The van der Waals surface area contributed by atoms with Gasteiger partial charge in [0.25, 0.3) is 0 Å². The number of hydrogen-bond donors (Lipinski definition) is 1. The molecular weight excluding hydrogens is 259 g/mol. The highest BCUT2D eigenvalue weighted by Crippen LogP contribution is 2.47. The number of carbonyl (C=O) groups is 1. The first-order chi connectivity index (χ1) is 8.86. The normalized spacial score (nSPS) is 32.1. The molecule has 0 aromatic rings. The zero-order valence-electron chi connectivity index (χ0n) is 11.1. The Kier molecular flexibility index (Phi) is 4.08. The highest BCUT2D eigenvalue weighted by molar-refractivity contribution is 5.81. The van der Waals surface area contributed by atoms with Crippen molar-refractivity contribution in [2.45, 2.75) is 50.2 Å². The van der Waals surface area contributed by atoms with Gasteiger partial charge in [0.1, 0.15) is 5.54 Å². The fourth-order valence-corrected chi connectivity index (χ4v) is 3.17. The molecule has 0 aromatic heterocycles. The predicted octanol–water partition coefficient (Wildman–Crippen LogP) is 2.65. The molecule has 2 fully saturated rings. The van der Waals surface area contributed by atoms with Crippen molar-refractivity contribution in [1.82, 2.24) is 5.32 Å². The first-order valence-electron chi connectivity index (χ1n) is 6.76. The SMILES string of the molecule is COC(=O)C1(NCC(F)(F)F)CCCC(C2CC2)C1. The van der Waals surface area contributed by atoms with E-state index < -0.39 is 24.2 Å². The van der Waals surface area contributed by atoms with E-state index in [9.17, 15) is 18.0 Å². The minimum absolute atomic E-state index is 0.355. The van der Waals surface area contributed by atoms with Crippen LogP contribution >= 0.6 is 0 Å².